The summed E-state index contributed by atoms with van der Waals surface area (Å²) in [7, 11) is -3.71. The van der Waals surface area contributed by atoms with E-state index in [4.69, 9.17) is 0 Å². The fraction of sp³-hybridized carbons (Fsp3) is 0.273. The number of carbonyl (C=O) groups is 2. The van der Waals surface area contributed by atoms with Gasteiger partial charge in [-0.25, -0.2) is 12.7 Å². The van der Waals surface area contributed by atoms with E-state index in [1.165, 1.54) is 24.3 Å². The Morgan fingerprint density at radius 3 is 2.50 bits per heavy atom. The average Bonchev–Trinajstić information content (AvgIpc) is 3.17. The molecule has 2 amide bonds. The summed E-state index contributed by atoms with van der Waals surface area (Å²) in [6.45, 7) is 3.69. The van der Waals surface area contributed by atoms with Crippen LogP contribution in [0.2, 0.25) is 0 Å². The Morgan fingerprint density at radius 1 is 1.13 bits per heavy atom. The number of aromatic amines is 1. The van der Waals surface area contributed by atoms with Crippen LogP contribution in [0.25, 0.3) is 10.9 Å². The molecule has 2 N–H and O–H groups in total. The van der Waals surface area contributed by atoms with Gasteiger partial charge in [-0.05, 0) is 56.2 Å². The molecule has 0 unspecified atom stereocenters. The summed E-state index contributed by atoms with van der Waals surface area (Å²) in [6.07, 6.45) is 2.63. The Balaban J connectivity index is 1.42. The van der Waals surface area contributed by atoms with Crippen molar-refractivity contribution in [3.63, 3.8) is 0 Å². The first-order valence-electron chi connectivity index (χ1n) is 9.70. The van der Waals surface area contributed by atoms with Crippen molar-refractivity contribution in [1.29, 1.82) is 0 Å². The second-order valence-electron chi connectivity index (χ2n) is 8.12. The lowest BCUT2D eigenvalue weighted by Crippen LogP contribution is -2.33. The number of hydrogen-bond acceptors (Lipinski definition) is 4. The van der Waals surface area contributed by atoms with Crippen LogP contribution in [0.15, 0.2) is 54.7 Å². The lowest BCUT2D eigenvalue weighted by molar-refractivity contribution is -0.123. The molecule has 3 aromatic rings. The number of anilines is 1. The van der Waals surface area contributed by atoms with Crippen molar-refractivity contribution in [3.8, 4) is 0 Å². The third-order valence-electron chi connectivity index (χ3n) is 5.30. The number of para-hydroxylation sites is 1. The summed E-state index contributed by atoms with van der Waals surface area (Å²) in [5.74, 6) is -0.940. The van der Waals surface area contributed by atoms with Crippen LogP contribution in [0.5, 0.6) is 0 Å². The summed E-state index contributed by atoms with van der Waals surface area (Å²) in [5.41, 5.74) is 1.88. The van der Waals surface area contributed by atoms with Gasteiger partial charge in [0.1, 0.15) is 0 Å². The number of nitrogens with one attached hydrogen (secondary N) is 2. The Hall–Kier alpha value is -3.13. The van der Waals surface area contributed by atoms with Crippen molar-refractivity contribution in [2.75, 3.05) is 16.6 Å². The number of sulfonamides is 1. The first-order chi connectivity index (χ1) is 14.2. The molecule has 1 aliphatic rings. The van der Waals surface area contributed by atoms with Crippen LogP contribution in [0.4, 0.5) is 5.69 Å². The lowest BCUT2D eigenvalue weighted by atomic mass is 9.95. The largest absolute Gasteiger partial charge is 0.361 e. The molecule has 1 aromatic heterocycles. The summed E-state index contributed by atoms with van der Waals surface area (Å²) in [4.78, 5) is 28.1. The smallest absolute Gasteiger partial charge is 0.251 e. The Morgan fingerprint density at radius 2 is 1.83 bits per heavy atom. The first kappa shape index (κ1) is 20.2. The molecule has 1 aliphatic heterocycles. The number of rotatable bonds is 5. The highest BCUT2D eigenvalue weighted by Gasteiger charge is 2.49. The minimum atomic E-state index is -3.71. The van der Waals surface area contributed by atoms with Gasteiger partial charge in [-0.3, -0.25) is 9.59 Å². The highest BCUT2D eigenvalue weighted by molar-refractivity contribution is 7.94. The lowest BCUT2D eigenvalue weighted by Gasteiger charge is -2.17. The van der Waals surface area contributed by atoms with E-state index >= 15 is 0 Å². The molecule has 1 saturated heterocycles. The normalized spacial score (nSPS) is 17.4. The number of H-pyrrole nitrogens is 1. The van der Waals surface area contributed by atoms with Gasteiger partial charge < -0.3 is 10.3 Å². The molecule has 0 spiro atoms. The number of aromatic nitrogens is 1. The van der Waals surface area contributed by atoms with Crippen molar-refractivity contribution < 1.29 is 18.0 Å². The number of carbonyl (C=O) groups excluding carboxylic acids is 2. The molecule has 7 nitrogen and oxygen atoms in total. The topological polar surface area (TPSA) is 99.3 Å². The molecule has 0 aliphatic carbocycles. The third-order valence-corrected chi connectivity index (χ3v) is 7.32. The number of fused-ring (bicyclic) bond motifs is 1. The standard InChI is InChI=1S/C22H23N3O4S/c1-22(2)14-30(28,29)25(21(22)27)17-9-7-15(8-10-17)20(26)23-12-11-16-13-24-19-6-4-3-5-18(16)19/h3-10,13,24H,11-12,14H2,1-2H3,(H,23,26). The zero-order valence-corrected chi connectivity index (χ0v) is 17.6. The van der Waals surface area contributed by atoms with E-state index in [0.717, 1.165) is 20.8 Å². The first-order valence-corrected chi connectivity index (χ1v) is 11.3. The fourth-order valence-corrected chi connectivity index (χ4v) is 5.87. The third kappa shape index (κ3) is 3.59. The van der Waals surface area contributed by atoms with E-state index in [9.17, 15) is 18.0 Å². The van der Waals surface area contributed by atoms with Crippen LogP contribution in [-0.2, 0) is 21.2 Å². The van der Waals surface area contributed by atoms with Gasteiger partial charge in [-0.15, -0.1) is 0 Å². The fourth-order valence-electron chi connectivity index (χ4n) is 3.76. The summed E-state index contributed by atoms with van der Waals surface area (Å²) in [5, 5.41) is 4.01. The second-order valence-corrected chi connectivity index (χ2v) is 9.94. The Kier molecular flexibility index (Phi) is 4.89. The van der Waals surface area contributed by atoms with Crippen LogP contribution < -0.4 is 9.62 Å². The van der Waals surface area contributed by atoms with Gasteiger partial charge in [-0.1, -0.05) is 18.2 Å². The Labute approximate surface area is 175 Å². The molecule has 0 bridgehead atoms. The van der Waals surface area contributed by atoms with Gasteiger partial charge in [0.25, 0.3) is 5.91 Å². The number of nitrogens with zero attached hydrogens (tertiary/aromatic N) is 1. The Bertz CT molecular complexity index is 1230. The van der Waals surface area contributed by atoms with Crippen molar-refractivity contribution >= 4 is 38.4 Å². The summed E-state index contributed by atoms with van der Waals surface area (Å²) < 4.78 is 25.6. The summed E-state index contributed by atoms with van der Waals surface area (Å²) in [6, 6.07) is 14.0. The molecular formula is C22H23N3O4S. The number of hydrogen-bond donors (Lipinski definition) is 2. The molecule has 0 radical (unpaired) electrons. The van der Waals surface area contributed by atoms with Crippen molar-refractivity contribution in [1.82, 2.24) is 10.3 Å². The highest BCUT2D eigenvalue weighted by atomic mass is 32.2. The highest BCUT2D eigenvalue weighted by Crippen LogP contribution is 2.35. The van der Waals surface area contributed by atoms with Crippen LogP contribution >= 0.6 is 0 Å². The molecule has 0 saturated carbocycles. The quantitative estimate of drug-likeness (QED) is 0.657. The number of amides is 2. The van der Waals surface area contributed by atoms with Crippen molar-refractivity contribution in [3.05, 3.63) is 65.9 Å². The maximum Gasteiger partial charge on any atom is 0.251 e. The molecule has 2 heterocycles. The SMILES string of the molecule is CC1(C)CS(=O)(=O)N(c2ccc(C(=O)NCCc3c[nH]c4ccccc34)cc2)C1=O. The van der Waals surface area contributed by atoms with E-state index in [1.54, 1.807) is 13.8 Å². The van der Waals surface area contributed by atoms with E-state index in [2.05, 4.69) is 10.3 Å². The van der Waals surface area contributed by atoms with Gasteiger partial charge in [0.2, 0.25) is 15.9 Å². The van der Waals surface area contributed by atoms with Gasteiger partial charge in [-0.2, -0.15) is 0 Å². The molecule has 8 heteroatoms. The van der Waals surface area contributed by atoms with E-state index in [-0.39, 0.29) is 17.3 Å². The minimum Gasteiger partial charge on any atom is -0.361 e. The molecule has 1 fully saturated rings. The monoisotopic (exact) mass is 425 g/mol. The predicted octanol–water partition coefficient (Wildman–Crippen LogP) is 2.84. The van der Waals surface area contributed by atoms with Crippen LogP contribution in [0.3, 0.4) is 0 Å². The molecule has 0 atom stereocenters. The van der Waals surface area contributed by atoms with E-state index in [0.29, 0.717) is 18.5 Å². The van der Waals surface area contributed by atoms with Gasteiger partial charge >= 0.3 is 0 Å². The minimum absolute atomic E-state index is 0.227. The maximum absolute atomic E-state index is 12.5. The zero-order valence-electron chi connectivity index (χ0n) is 16.8. The van der Waals surface area contributed by atoms with Gasteiger partial charge in [0.05, 0.1) is 16.9 Å². The number of benzene rings is 2. The molecular weight excluding hydrogens is 402 g/mol. The van der Waals surface area contributed by atoms with Crippen LogP contribution in [-0.4, -0.2) is 37.5 Å². The predicted molar refractivity (Wildman–Crippen MR) is 116 cm³/mol. The van der Waals surface area contributed by atoms with Crippen LogP contribution in [0.1, 0.15) is 29.8 Å². The maximum atomic E-state index is 12.5. The summed E-state index contributed by atoms with van der Waals surface area (Å²) >= 11 is 0. The van der Waals surface area contributed by atoms with E-state index in [1.807, 2.05) is 30.5 Å². The van der Waals surface area contributed by atoms with Gasteiger partial charge in [0.15, 0.2) is 0 Å². The van der Waals surface area contributed by atoms with Crippen molar-refractivity contribution in [2.45, 2.75) is 20.3 Å². The molecule has 2 aromatic carbocycles. The van der Waals surface area contributed by atoms with Crippen molar-refractivity contribution in [2.24, 2.45) is 5.41 Å². The average molecular weight is 426 g/mol. The molecule has 156 valence electrons. The second kappa shape index (κ2) is 7.28. The van der Waals surface area contributed by atoms with Gasteiger partial charge in [0, 0.05) is 29.2 Å². The van der Waals surface area contributed by atoms with E-state index < -0.39 is 21.3 Å². The van der Waals surface area contributed by atoms with Crippen LogP contribution in [0, 0.1) is 5.41 Å². The molecule has 4 rings (SSSR count). The zero-order chi connectivity index (χ0) is 21.5. The molecule has 30 heavy (non-hydrogen) atoms.